The molecular weight excluding hydrogens is 234 g/mol. The van der Waals surface area contributed by atoms with Gasteiger partial charge < -0.3 is 10.1 Å². The predicted octanol–water partition coefficient (Wildman–Crippen LogP) is 3.88. The van der Waals surface area contributed by atoms with Crippen molar-refractivity contribution in [3.8, 4) is 5.75 Å². The highest BCUT2D eigenvalue weighted by Crippen LogP contribution is 2.31. The number of nitrogens with one attached hydrogen (secondary N) is 1. The molecule has 100 valence electrons. The van der Waals surface area contributed by atoms with E-state index in [-0.39, 0.29) is 0 Å². The molecule has 0 unspecified atom stereocenters. The minimum Gasteiger partial charge on any atom is -0.497 e. The van der Waals surface area contributed by atoms with Crippen molar-refractivity contribution in [1.29, 1.82) is 0 Å². The van der Waals surface area contributed by atoms with Crippen LogP contribution in [0.15, 0.2) is 36.4 Å². The minimum atomic E-state index is 0.370. The fourth-order valence-corrected chi connectivity index (χ4v) is 2.71. The Bertz CT molecular complexity index is 587. The van der Waals surface area contributed by atoms with Crippen LogP contribution >= 0.6 is 0 Å². The number of ether oxygens (including phenoxy) is 1. The second-order valence-electron chi connectivity index (χ2n) is 5.82. The van der Waals surface area contributed by atoms with Crippen molar-refractivity contribution in [2.75, 3.05) is 7.11 Å². The Kier molecular flexibility index (Phi) is 3.19. The standard InChI is InChI=1S/C17H21NO/c1-17(8-3-9-17)18-12-13-4-5-15-11-16(19-2)7-6-14(15)10-13/h4-7,10-11,18H,3,8-9,12H2,1-2H3. The molecule has 2 aromatic carbocycles. The average molecular weight is 255 g/mol. The highest BCUT2D eigenvalue weighted by Gasteiger charge is 2.30. The third kappa shape index (κ3) is 2.59. The quantitative estimate of drug-likeness (QED) is 0.895. The first-order valence-electron chi connectivity index (χ1n) is 7.00. The Hall–Kier alpha value is -1.54. The molecule has 0 spiro atoms. The Morgan fingerprint density at radius 2 is 1.84 bits per heavy atom. The van der Waals surface area contributed by atoms with E-state index in [1.165, 1.54) is 35.6 Å². The number of fused-ring (bicyclic) bond motifs is 1. The Balaban J connectivity index is 1.77. The highest BCUT2D eigenvalue weighted by atomic mass is 16.5. The van der Waals surface area contributed by atoms with Gasteiger partial charge in [0.1, 0.15) is 5.75 Å². The molecule has 1 N–H and O–H groups in total. The maximum atomic E-state index is 5.25. The predicted molar refractivity (Wildman–Crippen MR) is 79.6 cm³/mol. The highest BCUT2D eigenvalue weighted by molar-refractivity contribution is 5.84. The van der Waals surface area contributed by atoms with Crippen molar-refractivity contribution in [1.82, 2.24) is 5.32 Å². The molecule has 0 aliphatic heterocycles. The smallest absolute Gasteiger partial charge is 0.119 e. The van der Waals surface area contributed by atoms with Crippen LogP contribution in [0.1, 0.15) is 31.7 Å². The topological polar surface area (TPSA) is 21.3 Å². The van der Waals surface area contributed by atoms with Crippen LogP contribution in [0, 0.1) is 0 Å². The maximum absolute atomic E-state index is 5.25. The monoisotopic (exact) mass is 255 g/mol. The summed E-state index contributed by atoms with van der Waals surface area (Å²) in [5.74, 6) is 0.917. The van der Waals surface area contributed by atoms with E-state index in [4.69, 9.17) is 4.74 Å². The summed E-state index contributed by atoms with van der Waals surface area (Å²) in [7, 11) is 1.71. The zero-order chi connectivity index (χ0) is 13.3. The molecule has 1 aliphatic rings. The van der Waals surface area contributed by atoms with Crippen LogP contribution in [0.2, 0.25) is 0 Å². The summed E-state index contributed by atoms with van der Waals surface area (Å²) in [6, 6.07) is 12.9. The molecule has 19 heavy (non-hydrogen) atoms. The normalized spacial score (nSPS) is 17.2. The summed E-state index contributed by atoms with van der Waals surface area (Å²) in [4.78, 5) is 0. The molecule has 3 rings (SSSR count). The number of hydrogen-bond acceptors (Lipinski definition) is 2. The van der Waals surface area contributed by atoms with Gasteiger partial charge in [0, 0.05) is 12.1 Å². The second kappa shape index (κ2) is 4.86. The first-order chi connectivity index (χ1) is 9.18. The summed E-state index contributed by atoms with van der Waals surface area (Å²) in [5, 5.41) is 6.19. The molecule has 0 saturated heterocycles. The van der Waals surface area contributed by atoms with Crippen LogP contribution in [0.4, 0.5) is 0 Å². The average Bonchev–Trinajstić information content (AvgIpc) is 2.42. The van der Waals surface area contributed by atoms with Gasteiger partial charge in [0.2, 0.25) is 0 Å². The van der Waals surface area contributed by atoms with E-state index >= 15 is 0 Å². The van der Waals surface area contributed by atoms with Crippen LogP contribution in [0.3, 0.4) is 0 Å². The van der Waals surface area contributed by atoms with Gasteiger partial charge in [-0.15, -0.1) is 0 Å². The molecule has 1 fully saturated rings. The van der Waals surface area contributed by atoms with Crippen molar-refractivity contribution in [3.63, 3.8) is 0 Å². The van der Waals surface area contributed by atoms with Crippen LogP contribution in [-0.4, -0.2) is 12.6 Å². The number of hydrogen-bond donors (Lipinski definition) is 1. The molecule has 0 atom stereocenters. The van der Waals surface area contributed by atoms with E-state index < -0.39 is 0 Å². The molecule has 0 amide bonds. The molecule has 1 aliphatic carbocycles. The zero-order valence-electron chi connectivity index (χ0n) is 11.7. The van der Waals surface area contributed by atoms with Gasteiger partial charge in [-0.25, -0.2) is 0 Å². The van der Waals surface area contributed by atoms with Gasteiger partial charge in [-0.1, -0.05) is 18.2 Å². The molecule has 0 bridgehead atoms. The van der Waals surface area contributed by atoms with Crippen molar-refractivity contribution >= 4 is 10.8 Å². The van der Waals surface area contributed by atoms with E-state index in [1.54, 1.807) is 7.11 Å². The van der Waals surface area contributed by atoms with Crippen molar-refractivity contribution in [3.05, 3.63) is 42.0 Å². The lowest BCUT2D eigenvalue weighted by molar-refractivity contribution is 0.207. The summed E-state index contributed by atoms with van der Waals surface area (Å²) in [6.45, 7) is 3.28. The van der Waals surface area contributed by atoms with Gasteiger partial charge in [-0.3, -0.25) is 0 Å². The van der Waals surface area contributed by atoms with Gasteiger partial charge in [-0.05, 0) is 60.7 Å². The third-order valence-corrected chi connectivity index (χ3v) is 4.29. The van der Waals surface area contributed by atoms with E-state index in [0.717, 1.165) is 12.3 Å². The van der Waals surface area contributed by atoms with Gasteiger partial charge in [-0.2, -0.15) is 0 Å². The van der Waals surface area contributed by atoms with Crippen molar-refractivity contribution in [2.45, 2.75) is 38.3 Å². The van der Waals surface area contributed by atoms with Crippen molar-refractivity contribution < 1.29 is 4.74 Å². The van der Waals surface area contributed by atoms with Crippen molar-refractivity contribution in [2.24, 2.45) is 0 Å². The first kappa shape index (κ1) is 12.5. The van der Waals surface area contributed by atoms with Gasteiger partial charge in [0.25, 0.3) is 0 Å². The minimum absolute atomic E-state index is 0.370. The maximum Gasteiger partial charge on any atom is 0.119 e. The van der Waals surface area contributed by atoms with Gasteiger partial charge in [0.15, 0.2) is 0 Å². The summed E-state index contributed by atoms with van der Waals surface area (Å²) < 4.78 is 5.25. The van der Waals surface area contributed by atoms with Gasteiger partial charge >= 0.3 is 0 Å². The summed E-state index contributed by atoms with van der Waals surface area (Å²) >= 11 is 0. The lowest BCUT2D eigenvalue weighted by Crippen LogP contribution is -2.47. The number of methoxy groups -OCH3 is 1. The van der Waals surface area contributed by atoms with E-state index in [0.29, 0.717) is 5.54 Å². The van der Waals surface area contributed by atoms with E-state index in [1.807, 2.05) is 6.07 Å². The molecule has 1 saturated carbocycles. The lowest BCUT2D eigenvalue weighted by Gasteiger charge is -2.39. The van der Waals surface area contributed by atoms with E-state index in [9.17, 15) is 0 Å². The van der Waals surface area contributed by atoms with Crippen LogP contribution in [0.5, 0.6) is 5.75 Å². The third-order valence-electron chi connectivity index (χ3n) is 4.29. The van der Waals surface area contributed by atoms with E-state index in [2.05, 4.69) is 42.6 Å². The molecule has 2 heteroatoms. The Morgan fingerprint density at radius 1 is 1.11 bits per heavy atom. The molecule has 0 aromatic heterocycles. The van der Waals surface area contributed by atoms with Gasteiger partial charge in [0.05, 0.1) is 7.11 Å². The SMILES string of the molecule is COc1ccc2cc(CNC3(C)CCC3)ccc2c1. The molecule has 2 aromatic rings. The fourth-order valence-electron chi connectivity index (χ4n) is 2.71. The largest absolute Gasteiger partial charge is 0.497 e. The first-order valence-corrected chi connectivity index (χ1v) is 7.00. The number of benzene rings is 2. The Morgan fingerprint density at radius 3 is 2.53 bits per heavy atom. The Labute approximate surface area is 114 Å². The molecule has 2 nitrogen and oxygen atoms in total. The van der Waals surface area contributed by atoms with Crippen LogP contribution in [0.25, 0.3) is 10.8 Å². The van der Waals surface area contributed by atoms with Crippen LogP contribution in [-0.2, 0) is 6.54 Å². The molecular formula is C17H21NO. The fraction of sp³-hybridized carbons (Fsp3) is 0.412. The second-order valence-corrected chi connectivity index (χ2v) is 5.82. The molecule has 0 radical (unpaired) electrons. The molecule has 0 heterocycles. The van der Waals surface area contributed by atoms with Crippen LogP contribution < -0.4 is 10.1 Å². The lowest BCUT2D eigenvalue weighted by atomic mass is 9.78. The summed E-state index contributed by atoms with van der Waals surface area (Å²) in [5.41, 5.74) is 1.72. The summed E-state index contributed by atoms with van der Waals surface area (Å²) in [6.07, 6.45) is 3.97. The number of rotatable bonds is 4. The zero-order valence-corrected chi connectivity index (χ0v) is 11.7.